The Kier molecular flexibility index (Phi) is 12.7. The quantitative estimate of drug-likeness (QED) is 0.221. The summed E-state index contributed by atoms with van der Waals surface area (Å²) in [5.41, 5.74) is 7.70. The molecule has 0 radical (unpaired) electrons. The van der Waals surface area contributed by atoms with Crippen molar-refractivity contribution in [2.75, 3.05) is 13.2 Å². The number of amides is 1. The number of nitrogens with zero attached hydrogens (tertiary/aromatic N) is 2. The van der Waals surface area contributed by atoms with E-state index in [4.69, 9.17) is 10.5 Å². The van der Waals surface area contributed by atoms with Gasteiger partial charge >= 0.3 is 0 Å². The number of nitrogens with two attached hydrogens (primary N) is 1. The fraction of sp³-hybridized carbons (Fsp3) is 0.733. The molecule has 8 heteroatoms. The highest BCUT2D eigenvalue weighted by Gasteiger charge is 2.31. The molecule has 0 fully saturated rings. The maximum absolute atomic E-state index is 12.6. The number of aryl methyl sites for hydroxylation is 1. The molecule has 0 bridgehead atoms. The van der Waals surface area contributed by atoms with Crippen LogP contribution >= 0.6 is 0 Å². The SMILES string of the molecule is CCCCC(C)(C)C(=O)NC[C@H](O)[C@@H](N)C[C@@H](C(C)C)[C@@H](O)c1ccc2cnn(CCCOC(C)C)c2c1. The number of hydrogen-bond acceptors (Lipinski definition) is 6. The van der Waals surface area contributed by atoms with E-state index in [1.807, 2.05) is 56.8 Å². The first-order chi connectivity index (χ1) is 17.9. The van der Waals surface area contributed by atoms with Crippen LogP contribution in [-0.2, 0) is 16.1 Å². The number of aliphatic hydroxyl groups is 2. The smallest absolute Gasteiger partial charge is 0.225 e. The highest BCUT2D eigenvalue weighted by atomic mass is 16.5. The van der Waals surface area contributed by atoms with Crippen LogP contribution in [0, 0.1) is 17.3 Å². The maximum atomic E-state index is 12.6. The third-order valence-electron chi connectivity index (χ3n) is 7.52. The summed E-state index contributed by atoms with van der Waals surface area (Å²) in [7, 11) is 0. The average molecular weight is 533 g/mol. The Labute approximate surface area is 229 Å². The van der Waals surface area contributed by atoms with Gasteiger partial charge in [-0.15, -0.1) is 0 Å². The molecule has 1 aromatic heterocycles. The summed E-state index contributed by atoms with van der Waals surface area (Å²) in [6.45, 7) is 15.6. The van der Waals surface area contributed by atoms with E-state index in [0.29, 0.717) is 13.0 Å². The Morgan fingerprint density at radius 3 is 2.53 bits per heavy atom. The first kappa shape index (κ1) is 32.2. The number of unbranched alkanes of at least 4 members (excludes halogenated alkanes) is 1. The summed E-state index contributed by atoms with van der Waals surface area (Å²) in [5.74, 6) is -0.0949. The van der Waals surface area contributed by atoms with E-state index >= 15 is 0 Å². The van der Waals surface area contributed by atoms with Gasteiger partial charge in [-0.25, -0.2) is 0 Å². The first-order valence-electron chi connectivity index (χ1n) is 14.3. The van der Waals surface area contributed by atoms with Crippen LogP contribution in [0.3, 0.4) is 0 Å². The van der Waals surface area contributed by atoms with Gasteiger partial charge in [-0.05, 0) is 56.6 Å². The number of benzene rings is 1. The normalized spacial score (nSPS) is 15.7. The van der Waals surface area contributed by atoms with E-state index in [9.17, 15) is 15.0 Å². The summed E-state index contributed by atoms with van der Waals surface area (Å²) < 4.78 is 7.61. The molecule has 2 aromatic rings. The van der Waals surface area contributed by atoms with Crippen LogP contribution in [0.2, 0.25) is 0 Å². The lowest BCUT2D eigenvalue weighted by molar-refractivity contribution is -0.130. The van der Waals surface area contributed by atoms with Gasteiger partial charge in [0.2, 0.25) is 5.91 Å². The van der Waals surface area contributed by atoms with Gasteiger partial charge in [-0.3, -0.25) is 9.48 Å². The second-order valence-electron chi connectivity index (χ2n) is 12.0. The van der Waals surface area contributed by atoms with Crippen molar-refractivity contribution in [3.8, 4) is 0 Å². The van der Waals surface area contributed by atoms with Crippen molar-refractivity contribution >= 4 is 16.8 Å². The molecule has 0 saturated heterocycles. The molecule has 0 aliphatic carbocycles. The van der Waals surface area contributed by atoms with Gasteiger partial charge in [0, 0.05) is 36.5 Å². The summed E-state index contributed by atoms with van der Waals surface area (Å²) in [6, 6.07) is 5.36. The van der Waals surface area contributed by atoms with E-state index in [-0.39, 0.29) is 30.4 Å². The van der Waals surface area contributed by atoms with E-state index in [0.717, 1.165) is 48.7 Å². The number of carbonyl (C=O) groups excluding carboxylic acids is 1. The third-order valence-corrected chi connectivity index (χ3v) is 7.52. The molecule has 4 atom stereocenters. The van der Waals surface area contributed by atoms with Crippen LogP contribution in [0.1, 0.15) is 92.2 Å². The number of hydrogen-bond donors (Lipinski definition) is 4. The third kappa shape index (κ3) is 9.33. The zero-order valence-corrected chi connectivity index (χ0v) is 24.6. The number of aromatic nitrogens is 2. The molecule has 2 rings (SSSR count). The van der Waals surface area contributed by atoms with Crippen molar-refractivity contribution in [1.29, 1.82) is 0 Å². The van der Waals surface area contributed by atoms with Gasteiger partial charge in [-0.2, -0.15) is 5.10 Å². The Morgan fingerprint density at radius 1 is 1.18 bits per heavy atom. The van der Waals surface area contributed by atoms with Crippen molar-refractivity contribution in [1.82, 2.24) is 15.1 Å². The van der Waals surface area contributed by atoms with Crippen LogP contribution in [0.4, 0.5) is 0 Å². The lowest BCUT2D eigenvalue weighted by Gasteiger charge is -2.31. The molecule has 0 saturated carbocycles. The van der Waals surface area contributed by atoms with Crippen molar-refractivity contribution in [3.63, 3.8) is 0 Å². The Bertz CT molecular complexity index is 988. The van der Waals surface area contributed by atoms with Crippen molar-refractivity contribution in [3.05, 3.63) is 30.0 Å². The van der Waals surface area contributed by atoms with Gasteiger partial charge in [-0.1, -0.05) is 59.6 Å². The maximum Gasteiger partial charge on any atom is 0.225 e. The minimum absolute atomic E-state index is 0.0710. The first-order valence-corrected chi connectivity index (χ1v) is 14.3. The van der Waals surface area contributed by atoms with Crippen molar-refractivity contribution in [2.45, 2.75) is 111 Å². The van der Waals surface area contributed by atoms with E-state index in [1.54, 1.807) is 0 Å². The average Bonchev–Trinajstić information content (AvgIpc) is 3.28. The van der Waals surface area contributed by atoms with Gasteiger partial charge in [0.1, 0.15) is 0 Å². The van der Waals surface area contributed by atoms with Gasteiger partial charge in [0.05, 0.1) is 30.0 Å². The number of aliphatic hydroxyl groups excluding tert-OH is 2. The predicted molar refractivity (Wildman–Crippen MR) is 154 cm³/mol. The molecule has 0 aliphatic rings. The molecule has 38 heavy (non-hydrogen) atoms. The largest absolute Gasteiger partial charge is 0.390 e. The molecule has 0 aliphatic heterocycles. The molecule has 216 valence electrons. The number of carbonyl (C=O) groups is 1. The zero-order valence-electron chi connectivity index (χ0n) is 24.6. The lowest BCUT2D eigenvalue weighted by Crippen LogP contribution is -2.47. The Morgan fingerprint density at radius 2 is 1.89 bits per heavy atom. The van der Waals surface area contributed by atoms with Crippen LogP contribution in [0.15, 0.2) is 24.4 Å². The number of rotatable bonds is 17. The van der Waals surface area contributed by atoms with E-state index in [1.165, 1.54) is 0 Å². The number of nitrogens with one attached hydrogen (secondary N) is 1. The fourth-order valence-corrected chi connectivity index (χ4v) is 4.79. The standard InChI is InChI=1S/C30H52N4O4/c1-8-9-13-30(6,7)29(37)32-19-27(35)25(31)17-24(20(2)3)28(36)22-11-12-23-18-33-34(26(23)16-22)14-10-15-38-21(4)5/h11-12,16,18,20-21,24-25,27-28,35-36H,8-10,13-15,17,19,31H2,1-7H3,(H,32,37)/t24-,25-,27-,28-/m0/s1. The fourth-order valence-electron chi connectivity index (χ4n) is 4.79. The molecule has 5 N–H and O–H groups in total. The predicted octanol–water partition coefficient (Wildman–Crippen LogP) is 4.57. The highest BCUT2D eigenvalue weighted by molar-refractivity contribution is 5.81. The van der Waals surface area contributed by atoms with Gasteiger partial charge < -0.3 is 26.0 Å². The number of ether oxygens (including phenoxy) is 1. The van der Waals surface area contributed by atoms with Gasteiger partial charge in [0.15, 0.2) is 0 Å². The highest BCUT2D eigenvalue weighted by Crippen LogP contribution is 2.33. The molecular formula is C30H52N4O4. The van der Waals surface area contributed by atoms with E-state index in [2.05, 4.69) is 31.2 Å². The van der Waals surface area contributed by atoms with Crippen LogP contribution in [-0.4, -0.2) is 57.3 Å². The van der Waals surface area contributed by atoms with Crippen molar-refractivity contribution in [2.24, 2.45) is 23.0 Å². The summed E-state index contributed by atoms with van der Waals surface area (Å²) in [6.07, 6.45) is 4.51. The zero-order chi connectivity index (χ0) is 28.5. The second kappa shape index (κ2) is 15.0. The van der Waals surface area contributed by atoms with Crippen LogP contribution in [0.5, 0.6) is 0 Å². The summed E-state index contributed by atoms with van der Waals surface area (Å²) in [4.78, 5) is 12.6. The topological polar surface area (TPSA) is 123 Å². The van der Waals surface area contributed by atoms with Crippen LogP contribution in [0.25, 0.3) is 10.9 Å². The van der Waals surface area contributed by atoms with Crippen LogP contribution < -0.4 is 11.1 Å². The second-order valence-corrected chi connectivity index (χ2v) is 12.0. The Balaban J connectivity index is 2.04. The molecule has 0 unspecified atom stereocenters. The summed E-state index contributed by atoms with van der Waals surface area (Å²) >= 11 is 0. The minimum atomic E-state index is -0.897. The van der Waals surface area contributed by atoms with Crippen molar-refractivity contribution < 1.29 is 19.7 Å². The molecule has 1 heterocycles. The Hall–Kier alpha value is -2.00. The molecular weight excluding hydrogens is 480 g/mol. The lowest BCUT2D eigenvalue weighted by atomic mass is 9.81. The molecule has 1 aromatic carbocycles. The molecule has 8 nitrogen and oxygen atoms in total. The van der Waals surface area contributed by atoms with Gasteiger partial charge in [0.25, 0.3) is 0 Å². The minimum Gasteiger partial charge on any atom is -0.390 e. The molecule has 0 spiro atoms. The molecule has 1 amide bonds. The van der Waals surface area contributed by atoms with E-state index < -0.39 is 23.7 Å². The number of fused-ring (bicyclic) bond motifs is 1. The monoisotopic (exact) mass is 532 g/mol. The summed E-state index contributed by atoms with van der Waals surface area (Å²) in [5, 5.41) is 30.6.